The van der Waals surface area contributed by atoms with Gasteiger partial charge >= 0.3 is 99.0 Å². The summed E-state index contributed by atoms with van der Waals surface area (Å²) in [5.41, 5.74) is 0. The van der Waals surface area contributed by atoms with Gasteiger partial charge in [0.05, 0.1) is 12.1 Å². The summed E-state index contributed by atoms with van der Waals surface area (Å²) < 4.78 is 223. The van der Waals surface area contributed by atoms with Crippen molar-refractivity contribution in [3.8, 4) is 0 Å². The first kappa shape index (κ1) is 38.0. The van der Waals surface area contributed by atoms with Gasteiger partial charge in [0.25, 0.3) is 0 Å². The number of rotatable bonds is 12. The van der Waals surface area contributed by atoms with Crippen LogP contribution in [0.3, 0.4) is 0 Å². The van der Waals surface area contributed by atoms with Crippen LogP contribution < -0.4 is 56.5 Å². The van der Waals surface area contributed by atoms with Crippen molar-refractivity contribution in [3.05, 3.63) is 0 Å². The first-order valence-corrected chi connectivity index (χ1v) is 8.23. The Labute approximate surface area is 231 Å². The fourth-order valence-corrected chi connectivity index (χ4v) is 2.33. The standard InChI is InChI=1S/C14H12F17NO3.K/c1-32(4-6(34)35)3-5(33)2-7(15,16)8(17,18)9(19,20)10(21,22)11(23,24)12(25,26)13(27,28)14(29,30)31;/h5,33H,2-4H2,1H3,(H,34,35);/q;+1/p-1. The second-order valence-electron chi connectivity index (χ2n) is 7.08. The molecule has 1 unspecified atom stereocenters. The van der Waals surface area contributed by atoms with Crippen LogP contribution >= 0.6 is 0 Å². The second-order valence-corrected chi connectivity index (χ2v) is 7.08. The van der Waals surface area contributed by atoms with E-state index >= 15 is 0 Å². The van der Waals surface area contributed by atoms with Crippen LogP contribution in [0.4, 0.5) is 74.6 Å². The number of carbonyl (C=O) groups is 1. The first-order valence-electron chi connectivity index (χ1n) is 8.23. The number of carboxylic acids is 1. The predicted molar refractivity (Wildman–Crippen MR) is 73.8 cm³/mol. The molecule has 0 spiro atoms. The molecule has 1 N–H and O–H groups in total. The van der Waals surface area contributed by atoms with Crippen molar-refractivity contribution in [1.29, 1.82) is 0 Å². The van der Waals surface area contributed by atoms with E-state index in [2.05, 4.69) is 0 Å². The molecule has 0 aromatic rings. The van der Waals surface area contributed by atoms with Crippen molar-refractivity contribution < 1.29 is 141 Å². The monoisotopic (exact) mass is 603 g/mol. The largest absolute Gasteiger partial charge is 1.00 e. The van der Waals surface area contributed by atoms with Gasteiger partial charge in [0.1, 0.15) is 0 Å². The van der Waals surface area contributed by atoms with Gasteiger partial charge in [-0.05, 0) is 7.05 Å². The molecule has 0 aliphatic heterocycles. The Morgan fingerprint density at radius 1 is 0.694 bits per heavy atom. The van der Waals surface area contributed by atoms with E-state index in [1.807, 2.05) is 0 Å². The zero-order valence-electron chi connectivity index (χ0n) is 17.3. The smallest absolute Gasteiger partial charge is 0.549 e. The maximum Gasteiger partial charge on any atom is 1.00 e. The van der Waals surface area contributed by atoms with Crippen molar-refractivity contribution in [2.45, 2.75) is 60.2 Å². The molecule has 0 amide bonds. The van der Waals surface area contributed by atoms with Crippen LogP contribution in [0, 0.1) is 0 Å². The van der Waals surface area contributed by atoms with Gasteiger partial charge in [0.2, 0.25) is 0 Å². The minimum Gasteiger partial charge on any atom is -0.549 e. The van der Waals surface area contributed by atoms with E-state index in [4.69, 9.17) is 0 Å². The molecule has 36 heavy (non-hydrogen) atoms. The van der Waals surface area contributed by atoms with Crippen LogP contribution in [-0.4, -0.2) is 89.9 Å². The summed E-state index contributed by atoms with van der Waals surface area (Å²) in [5, 5.41) is 19.4. The average molecular weight is 603 g/mol. The van der Waals surface area contributed by atoms with Crippen LogP contribution in [-0.2, 0) is 4.79 Å². The summed E-state index contributed by atoms with van der Waals surface area (Å²) in [6.07, 6.45) is -13.9. The molecule has 0 aliphatic rings. The summed E-state index contributed by atoms with van der Waals surface area (Å²) in [5.74, 6) is -59.3. The van der Waals surface area contributed by atoms with Gasteiger partial charge in [-0.25, -0.2) is 0 Å². The number of hydrogen-bond donors (Lipinski definition) is 1. The molecule has 4 nitrogen and oxygen atoms in total. The Morgan fingerprint density at radius 2 is 1.00 bits per heavy atom. The third kappa shape index (κ3) is 6.34. The third-order valence-corrected chi connectivity index (χ3v) is 4.20. The fourth-order valence-electron chi connectivity index (χ4n) is 2.33. The number of likely N-dealkylation sites (N-methyl/N-ethyl adjacent to an activating group) is 1. The number of nitrogens with zero attached hydrogens (tertiary/aromatic N) is 1. The fraction of sp³-hybridized carbons (Fsp3) is 0.929. The Kier molecular flexibility index (Phi) is 11.8. The molecule has 22 heteroatoms. The maximum atomic E-state index is 13.7. The molecule has 1 atom stereocenters. The predicted octanol–water partition coefficient (Wildman–Crippen LogP) is 0.432. The number of hydrogen-bond acceptors (Lipinski definition) is 4. The first-order chi connectivity index (χ1) is 15.0. The van der Waals surface area contributed by atoms with E-state index in [0.717, 1.165) is 0 Å². The van der Waals surface area contributed by atoms with Gasteiger partial charge in [0, 0.05) is 19.5 Å². The van der Waals surface area contributed by atoms with Crippen LogP contribution in [0.1, 0.15) is 6.42 Å². The van der Waals surface area contributed by atoms with Crippen molar-refractivity contribution >= 4 is 5.97 Å². The van der Waals surface area contributed by atoms with Crippen molar-refractivity contribution in [2.24, 2.45) is 0 Å². The molecule has 0 aromatic carbocycles. The average Bonchev–Trinajstić information content (AvgIpc) is 2.57. The summed E-state index contributed by atoms with van der Waals surface area (Å²) in [6, 6.07) is 0. The molecule has 0 aromatic heterocycles. The maximum absolute atomic E-state index is 13.7. The van der Waals surface area contributed by atoms with Gasteiger partial charge in [-0.1, -0.05) is 0 Å². The topological polar surface area (TPSA) is 63.6 Å². The van der Waals surface area contributed by atoms with Crippen molar-refractivity contribution in [1.82, 2.24) is 4.90 Å². The van der Waals surface area contributed by atoms with Gasteiger partial charge in [-0.3, -0.25) is 4.90 Å². The van der Waals surface area contributed by atoms with Crippen LogP contribution in [0.2, 0.25) is 0 Å². The summed E-state index contributed by atoms with van der Waals surface area (Å²) in [7, 11) is 0.668. The summed E-state index contributed by atoms with van der Waals surface area (Å²) in [6.45, 7) is -2.64. The normalized spacial score (nSPS) is 16.1. The van der Waals surface area contributed by atoms with Gasteiger partial charge < -0.3 is 15.0 Å². The molecule has 0 saturated carbocycles. The van der Waals surface area contributed by atoms with E-state index in [1.165, 1.54) is 0 Å². The minimum atomic E-state index is -8.73. The van der Waals surface area contributed by atoms with Crippen LogP contribution in [0.5, 0.6) is 0 Å². The van der Waals surface area contributed by atoms with E-state index in [9.17, 15) is 89.6 Å². The number of aliphatic hydroxyl groups excluding tert-OH is 1. The van der Waals surface area contributed by atoms with Gasteiger partial charge in [0.15, 0.2) is 0 Å². The van der Waals surface area contributed by atoms with E-state index in [1.54, 1.807) is 0 Å². The molecule has 0 saturated heterocycles. The van der Waals surface area contributed by atoms with E-state index in [-0.39, 0.29) is 51.4 Å². The van der Waals surface area contributed by atoms with Gasteiger partial charge in [-0.15, -0.1) is 0 Å². The van der Waals surface area contributed by atoms with Crippen LogP contribution in [0.15, 0.2) is 0 Å². The number of alkyl halides is 17. The van der Waals surface area contributed by atoms with E-state index < -0.39 is 79.2 Å². The Balaban J connectivity index is 0. The molecule has 210 valence electrons. The Hall–Kier alpha value is -0.164. The number of aliphatic carboxylic acids is 1. The number of carbonyl (C=O) groups excluding carboxylic acids is 1. The van der Waals surface area contributed by atoms with Crippen molar-refractivity contribution in [2.75, 3.05) is 20.1 Å². The number of carboxylic acid groups (broad SMARTS) is 1. The minimum absolute atomic E-state index is 0. The number of aliphatic hydroxyl groups is 1. The Bertz CT molecular complexity index is 770. The molecule has 0 bridgehead atoms. The SMILES string of the molecule is CN(CC(=O)[O-])CC(O)CC(F)(F)C(F)(F)C(F)(F)C(F)(F)C(F)(F)C(F)(F)C(F)(F)C(F)(F)F.[K+]. The second kappa shape index (κ2) is 11.1. The number of halogens is 17. The zero-order valence-corrected chi connectivity index (χ0v) is 20.5. The molecule has 0 fully saturated rings. The summed E-state index contributed by atoms with van der Waals surface area (Å²) >= 11 is 0. The molecule has 0 radical (unpaired) electrons. The van der Waals surface area contributed by atoms with Gasteiger partial charge in [-0.2, -0.15) is 74.6 Å². The van der Waals surface area contributed by atoms with E-state index in [0.29, 0.717) is 11.9 Å². The molecular weight excluding hydrogens is 592 g/mol. The quantitative estimate of drug-likeness (QED) is 0.260. The molecule has 0 heterocycles. The third-order valence-electron chi connectivity index (χ3n) is 4.20. The molecular formula is C14H11F17KNO3. The molecule has 0 aliphatic carbocycles. The Morgan fingerprint density at radius 3 is 1.31 bits per heavy atom. The zero-order chi connectivity index (χ0) is 28.9. The van der Waals surface area contributed by atoms with Crippen LogP contribution in [0.25, 0.3) is 0 Å². The summed E-state index contributed by atoms with van der Waals surface area (Å²) in [4.78, 5) is 10.5. The van der Waals surface area contributed by atoms with Crippen molar-refractivity contribution in [3.63, 3.8) is 0 Å². The molecule has 0 rings (SSSR count).